The van der Waals surface area contributed by atoms with E-state index in [1.54, 1.807) is 6.07 Å². The molecule has 3 aromatic rings. The molecule has 4 nitrogen and oxygen atoms in total. The molecule has 0 aliphatic carbocycles. The van der Waals surface area contributed by atoms with Crippen molar-refractivity contribution in [1.82, 2.24) is 5.32 Å². The molecule has 1 atom stereocenters. The molecular weight excluding hydrogens is 320 g/mol. The highest BCUT2D eigenvalue weighted by atomic mass is 32.1. The molecule has 0 amide bonds. The van der Waals surface area contributed by atoms with Gasteiger partial charge in [-0.25, -0.2) is 0 Å². The quantitative estimate of drug-likeness (QED) is 0.500. The standard InChI is InChI=1S/C19H18N2O2S/c22-21(23)19-12-16(14-24-19)13-20-18(17-9-5-2-6-10-17)11-15-7-3-1-4-8-15/h1-10,12,14,18,20H,11,13H2. The molecule has 0 saturated heterocycles. The van der Waals surface area contributed by atoms with Gasteiger partial charge in [-0.15, -0.1) is 0 Å². The van der Waals surface area contributed by atoms with Gasteiger partial charge in [-0.05, 0) is 23.1 Å². The predicted octanol–water partition coefficient (Wildman–Crippen LogP) is 4.73. The number of nitrogens with one attached hydrogen (secondary N) is 1. The second-order valence-corrected chi connectivity index (χ2v) is 6.47. The Labute approximate surface area is 144 Å². The van der Waals surface area contributed by atoms with Crippen molar-refractivity contribution < 1.29 is 4.92 Å². The van der Waals surface area contributed by atoms with Gasteiger partial charge in [-0.3, -0.25) is 10.1 Å². The topological polar surface area (TPSA) is 55.2 Å². The zero-order valence-electron chi connectivity index (χ0n) is 13.1. The fourth-order valence-corrected chi connectivity index (χ4v) is 3.36. The van der Waals surface area contributed by atoms with Crippen LogP contribution in [0.3, 0.4) is 0 Å². The number of nitro groups is 1. The zero-order valence-corrected chi connectivity index (χ0v) is 13.9. The SMILES string of the molecule is O=[N+]([O-])c1cc(CNC(Cc2ccccc2)c2ccccc2)cs1. The maximum absolute atomic E-state index is 10.8. The first kappa shape index (κ1) is 16.4. The minimum absolute atomic E-state index is 0.160. The van der Waals surface area contributed by atoms with E-state index in [4.69, 9.17) is 0 Å². The van der Waals surface area contributed by atoms with Gasteiger partial charge in [0.15, 0.2) is 0 Å². The first-order valence-electron chi connectivity index (χ1n) is 7.76. The van der Waals surface area contributed by atoms with Gasteiger partial charge in [0, 0.05) is 24.0 Å². The van der Waals surface area contributed by atoms with E-state index in [-0.39, 0.29) is 16.0 Å². The van der Waals surface area contributed by atoms with Gasteiger partial charge in [0.05, 0.1) is 4.92 Å². The van der Waals surface area contributed by atoms with E-state index in [1.165, 1.54) is 22.5 Å². The molecule has 24 heavy (non-hydrogen) atoms. The molecule has 1 heterocycles. The second-order valence-electron chi connectivity index (χ2n) is 5.58. The van der Waals surface area contributed by atoms with E-state index in [9.17, 15) is 10.1 Å². The van der Waals surface area contributed by atoms with Crippen LogP contribution >= 0.6 is 11.3 Å². The van der Waals surface area contributed by atoms with Gasteiger partial charge >= 0.3 is 5.00 Å². The Morgan fingerprint density at radius 1 is 1.00 bits per heavy atom. The van der Waals surface area contributed by atoms with E-state index < -0.39 is 0 Å². The summed E-state index contributed by atoms with van der Waals surface area (Å²) in [6.07, 6.45) is 0.872. The number of thiophene rings is 1. The van der Waals surface area contributed by atoms with E-state index >= 15 is 0 Å². The van der Waals surface area contributed by atoms with Crippen LogP contribution in [0.2, 0.25) is 0 Å². The third-order valence-electron chi connectivity index (χ3n) is 3.86. The first-order chi connectivity index (χ1) is 11.7. The fourth-order valence-electron chi connectivity index (χ4n) is 2.64. The van der Waals surface area contributed by atoms with Crippen LogP contribution < -0.4 is 5.32 Å². The summed E-state index contributed by atoms with van der Waals surface area (Å²) >= 11 is 1.17. The van der Waals surface area contributed by atoms with Crippen molar-refractivity contribution in [2.75, 3.05) is 0 Å². The van der Waals surface area contributed by atoms with Gasteiger partial charge in [-0.2, -0.15) is 0 Å². The lowest BCUT2D eigenvalue weighted by Crippen LogP contribution is -2.22. The van der Waals surface area contributed by atoms with Gasteiger partial charge < -0.3 is 5.32 Å². The van der Waals surface area contributed by atoms with Crippen molar-refractivity contribution in [3.63, 3.8) is 0 Å². The molecule has 0 saturated carbocycles. The Morgan fingerprint density at radius 2 is 1.67 bits per heavy atom. The molecule has 3 rings (SSSR count). The maximum atomic E-state index is 10.8. The number of nitrogens with zero attached hydrogens (tertiary/aromatic N) is 1. The van der Waals surface area contributed by atoms with Crippen LogP contribution in [0.25, 0.3) is 0 Å². The summed E-state index contributed by atoms with van der Waals surface area (Å²) in [5.74, 6) is 0. The third-order valence-corrected chi connectivity index (χ3v) is 4.79. The summed E-state index contributed by atoms with van der Waals surface area (Å²) < 4.78 is 0. The number of benzene rings is 2. The number of hydrogen-bond donors (Lipinski definition) is 1. The molecule has 2 aromatic carbocycles. The van der Waals surface area contributed by atoms with Crippen LogP contribution in [0.15, 0.2) is 72.1 Å². The Bertz CT molecular complexity index is 787. The van der Waals surface area contributed by atoms with Gasteiger partial charge in [0.2, 0.25) is 0 Å². The Hall–Kier alpha value is -2.50. The van der Waals surface area contributed by atoms with Gasteiger partial charge in [0.1, 0.15) is 0 Å². The van der Waals surface area contributed by atoms with E-state index in [0.29, 0.717) is 6.54 Å². The summed E-state index contributed by atoms with van der Waals surface area (Å²) in [5, 5.41) is 16.4. The zero-order chi connectivity index (χ0) is 16.8. The van der Waals surface area contributed by atoms with Crippen LogP contribution in [0, 0.1) is 10.1 Å². The Kier molecular flexibility index (Phi) is 5.36. The average molecular weight is 338 g/mol. The lowest BCUT2D eigenvalue weighted by Gasteiger charge is -2.19. The highest BCUT2D eigenvalue weighted by molar-refractivity contribution is 7.13. The van der Waals surface area contributed by atoms with E-state index in [2.05, 4.69) is 29.6 Å². The summed E-state index contributed by atoms with van der Waals surface area (Å²) in [6, 6.07) is 22.4. The molecule has 0 aliphatic heterocycles. The summed E-state index contributed by atoms with van der Waals surface area (Å²) in [4.78, 5) is 10.5. The van der Waals surface area contributed by atoms with Crippen molar-refractivity contribution in [3.05, 3.63) is 98.9 Å². The fraction of sp³-hybridized carbons (Fsp3) is 0.158. The highest BCUT2D eigenvalue weighted by Crippen LogP contribution is 2.24. The lowest BCUT2D eigenvalue weighted by molar-refractivity contribution is -0.380. The molecule has 0 fully saturated rings. The van der Waals surface area contributed by atoms with Crippen molar-refractivity contribution in [2.45, 2.75) is 19.0 Å². The normalized spacial score (nSPS) is 12.0. The Balaban J connectivity index is 1.73. The van der Waals surface area contributed by atoms with Crippen LogP contribution in [-0.2, 0) is 13.0 Å². The smallest absolute Gasteiger partial charge is 0.306 e. The van der Waals surface area contributed by atoms with E-state index in [1.807, 2.05) is 41.8 Å². The van der Waals surface area contributed by atoms with Crippen LogP contribution in [0.1, 0.15) is 22.7 Å². The van der Waals surface area contributed by atoms with Gasteiger partial charge in [-0.1, -0.05) is 72.0 Å². The minimum Gasteiger partial charge on any atom is -0.306 e. The lowest BCUT2D eigenvalue weighted by atomic mass is 9.98. The minimum atomic E-state index is -0.340. The summed E-state index contributed by atoms with van der Waals surface area (Å²) in [7, 11) is 0. The van der Waals surface area contributed by atoms with Crippen LogP contribution in [0.5, 0.6) is 0 Å². The monoisotopic (exact) mass is 338 g/mol. The average Bonchev–Trinajstić information content (AvgIpc) is 3.09. The van der Waals surface area contributed by atoms with Crippen molar-refractivity contribution in [2.24, 2.45) is 0 Å². The molecule has 1 aromatic heterocycles. The molecule has 1 N–H and O–H groups in total. The van der Waals surface area contributed by atoms with Crippen molar-refractivity contribution in [3.8, 4) is 0 Å². The number of hydrogen-bond acceptors (Lipinski definition) is 4. The highest BCUT2D eigenvalue weighted by Gasteiger charge is 2.14. The van der Waals surface area contributed by atoms with Crippen LogP contribution in [0.4, 0.5) is 5.00 Å². The Morgan fingerprint density at radius 3 is 2.29 bits per heavy atom. The molecule has 0 radical (unpaired) electrons. The van der Waals surface area contributed by atoms with Crippen molar-refractivity contribution in [1.29, 1.82) is 0 Å². The van der Waals surface area contributed by atoms with Crippen molar-refractivity contribution >= 4 is 16.3 Å². The first-order valence-corrected chi connectivity index (χ1v) is 8.64. The largest absolute Gasteiger partial charge is 0.324 e. The van der Waals surface area contributed by atoms with Crippen LogP contribution in [-0.4, -0.2) is 4.92 Å². The third kappa shape index (κ3) is 4.28. The molecule has 1 unspecified atom stereocenters. The molecule has 5 heteroatoms. The molecule has 0 bridgehead atoms. The van der Waals surface area contributed by atoms with E-state index in [0.717, 1.165) is 12.0 Å². The molecular formula is C19H18N2O2S. The predicted molar refractivity (Wildman–Crippen MR) is 97.1 cm³/mol. The van der Waals surface area contributed by atoms with Gasteiger partial charge in [0.25, 0.3) is 0 Å². The maximum Gasteiger partial charge on any atom is 0.324 e. The molecule has 122 valence electrons. The molecule has 0 spiro atoms. The summed E-state index contributed by atoms with van der Waals surface area (Å²) in [5.41, 5.74) is 3.42. The summed E-state index contributed by atoms with van der Waals surface area (Å²) in [6.45, 7) is 0.608. The number of rotatable bonds is 7. The molecule has 0 aliphatic rings. The second kappa shape index (κ2) is 7.86.